The zero-order chi connectivity index (χ0) is 15.8. The first-order chi connectivity index (χ1) is 11.2. The number of ether oxygens (including phenoxy) is 1. The van der Waals surface area contributed by atoms with Crippen LogP contribution in [-0.2, 0) is 4.74 Å². The van der Waals surface area contributed by atoms with Gasteiger partial charge in [-0.3, -0.25) is 9.69 Å². The number of fused-ring (bicyclic) bond motifs is 1. The molecule has 0 aliphatic carbocycles. The maximum atomic E-state index is 12.2. The highest BCUT2D eigenvalue weighted by Crippen LogP contribution is 2.29. The molecule has 23 heavy (non-hydrogen) atoms. The minimum Gasteiger partial charge on any atom is -0.389 e. The molecule has 5 heteroatoms. The van der Waals surface area contributed by atoms with Crippen LogP contribution in [0.15, 0.2) is 35.1 Å². The Hall–Kier alpha value is -1.69. The van der Waals surface area contributed by atoms with Crippen molar-refractivity contribution in [1.82, 2.24) is 9.88 Å². The largest absolute Gasteiger partial charge is 0.389 e. The van der Waals surface area contributed by atoms with Gasteiger partial charge in [0.05, 0.1) is 25.4 Å². The Kier molecular flexibility index (Phi) is 3.93. The number of aromatic nitrogens is 1. The predicted octanol–water partition coefficient (Wildman–Crippen LogP) is 1.47. The molecule has 2 saturated heterocycles. The number of benzene rings is 1. The van der Waals surface area contributed by atoms with Crippen molar-refractivity contribution in [3.8, 4) is 0 Å². The van der Waals surface area contributed by atoms with Gasteiger partial charge in [0.15, 0.2) is 0 Å². The van der Waals surface area contributed by atoms with Crippen molar-refractivity contribution in [3.63, 3.8) is 0 Å². The van der Waals surface area contributed by atoms with Gasteiger partial charge in [-0.15, -0.1) is 0 Å². The number of piperidine rings is 1. The normalized spacial score (nSPS) is 26.8. The van der Waals surface area contributed by atoms with Gasteiger partial charge in [-0.25, -0.2) is 0 Å². The van der Waals surface area contributed by atoms with Crippen molar-refractivity contribution >= 4 is 10.8 Å². The lowest BCUT2D eigenvalue weighted by Crippen LogP contribution is -2.46. The minimum absolute atomic E-state index is 0.000134. The summed E-state index contributed by atoms with van der Waals surface area (Å²) >= 11 is 0. The summed E-state index contributed by atoms with van der Waals surface area (Å²) in [7, 11) is 0. The first kappa shape index (κ1) is 14.9. The summed E-state index contributed by atoms with van der Waals surface area (Å²) in [6.07, 6.45) is 1.63. The number of likely N-dealkylation sites (tertiary alicyclic amines) is 1. The number of pyridine rings is 1. The monoisotopic (exact) mass is 314 g/mol. The molecule has 122 valence electrons. The van der Waals surface area contributed by atoms with Gasteiger partial charge < -0.3 is 14.8 Å². The topological polar surface area (TPSA) is 65.6 Å². The number of H-pyrrole nitrogens is 1. The van der Waals surface area contributed by atoms with E-state index >= 15 is 0 Å². The summed E-state index contributed by atoms with van der Waals surface area (Å²) < 4.78 is 5.36. The number of nitrogens with one attached hydrogen (secondary N) is 1. The molecule has 2 fully saturated rings. The van der Waals surface area contributed by atoms with E-state index in [0.717, 1.165) is 42.4 Å². The molecule has 1 aromatic carbocycles. The Balaban J connectivity index is 1.51. The summed E-state index contributed by atoms with van der Waals surface area (Å²) in [6, 6.07) is 9.97. The van der Waals surface area contributed by atoms with Crippen LogP contribution in [0.3, 0.4) is 0 Å². The van der Waals surface area contributed by atoms with E-state index in [4.69, 9.17) is 4.74 Å². The Morgan fingerprint density at radius 3 is 2.70 bits per heavy atom. The van der Waals surface area contributed by atoms with Gasteiger partial charge in [0.2, 0.25) is 0 Å². The van der Waals surface area contributed by atoms with Crippen LogP contribution in [0.2, 0.25) is 0 Å². The molecule has 2 atom stereocenters. The van der Waals surface area contributed by atoms with E-state index < -0.39 is 0 Å². The highest BCUT2D eigenvalue weighted by Gasteiger charge is 2.34. The Morgan fingerprint density at radius 1 is 1.17 bits per heavy atom. The lowest BCUT2D eigenvalue weighted by atomic mass is 9.91. The average molecular weight is 314 g/mol. The third-order valence-electron chi connectivity index (χ3n) is 5.23. The zero-order valence-corrected chi connectivity index (χ0v) is 13.1. The second-order valence-corrected chi connectivity index (χ2v) is 6.62. The summed E-state index contributed by atoms with van der Waals surface area (Å²) in [5.41, 5.74) is 1.04. The van der Waals surface area contributed by atoms with E-state index in [1.165, 1.54) is 0 Å². The highest BCUT2D eigenvalue weighted by molar-refractivity contribution is 5.81. The van der Waals surface area contributed by atoms with E-state index in [9.17, 15) is 9.90 Å². The maximum Gasteiger partial charge on any atom is 0.256 e. The first-order valence-electron chi connectivity index (χ1n) is 8.34. The van der Waals surface area contributed by atoms with Gasteiger partial charge in [0, 0.05) is 17.0 Å². The molecule has 0 radical (unpaired) electrons. The van der Waals surface area contributed by atoms with Crippen LogP contribution >= 0.6 is 0 Å². The van der Waals surface area contributed by atoms with Gasteiger partial charge in [0.1, 0.15) is 0 Å². The second kappa shape index (κ2) is 6.07. The Morgan fingerprint density at radius 2 is 1.96 bits per heavy atom. The van der Waals surface area contributed by atoms with Crippen molar-refractivity contribution in [1.29, 1.82) is 0 Å². The lowest BCUT2D eigenvalue weighted by molar-refractivity contribution is 0.0660. The minimum atomic E-state index is -0.368. The van der Waals surface area contributed by atoms with Crippen LogP contribution in [-0.4, -0.2) is 53.4 Å². The Labute approximate surface area is 134 Å². The lowest BCUT2D eigenvalue weighted by Gasteiger charge is -2.36. The summed E-state index contributed by atoms with van der Waals surface area (Å²) in [6.45, 7) is 2.94. The van der Waals surface area contributed by atoms with Crippen molar-refractivity contribution in [2.75, 3.05) is 26.3 Å². The van der Waals surface area contributed by atoms with E-state index in [2.05, 4.69) is 16.0 Å². The fraction of sp³-hybridized carbons (Fsp3) is 0.500. The molecule has 0 spiro atoms. The van der Waals surface area contributed by atoms with Gasteiger partial charge in [-0.2, -0.15) is 0 Å². The van der Waals surface area contributed by atoms with E-state index in [1.54, 1.807) is 0 Å². The van der Waals surface area contributed by atoms with Gasteiger partial charge in [-0.05, 0) is 43.5 Å². The van der Waals surface area contributed by atoms with Crippen LogP contribution in [0.1, 0.15) is 24.5 Å². The fourth-order valence-electron chi connectivity index (χ4n) is 3.87. The maximum absolute atomic E-state index is 12.2. The molecule has 3 heterocycles. The molecule has 4 rings (SSSR count). The summed E-state index contributed by atoms with van der Waals surface area (Å²) in [4.78, 5) is 17.6. The molecule has 2 aliphatic heterocycles. The standard InChI is InChI=1S/C18H22N2O3/c21-17-11-23-10-16(17)20-7-5-12(6-8-20)15-9-13-3-1-2-4-14(13)18(22)19-15/h1-4,9,12,16-17,21H,5-8,10-11H2,(H,19,22)/t16-,17-/m0/s1. The van der Waals surface area contributed by atoms with Gasteiger partial charge in [-0.1, -0.05) is 18.2 Å². The van der Waals surface area contributed by atoms with E-state index in [-0.39, 0.29) is 17.7 Å². The van der Waals surface area contributed by atoms with Crippen LogP contribution in [0.4, 0.5) is 0 Å². The molecular weight excluding hydrogens is 292 g/mol. The number of aliphatic hydroxyl groups excluding tert-OH is 1. The highest BCUT2D eigenvalue weighted by atomic mass is 16.5. The number of rotatable bonds is 2. The SMILES string of the molecule is O=c1[nH]c(C2CCN([C@H]3COC[C@@H]3O)CC2)cc2ccccc12. The molecule has 5 nitrogen and oxygen atoms in total. The van der Waals surface area contributed by atoms with Gasteiger partial charge >= 0.3 is 0 Å². The van der Waals surface area contributed by atoms with Crippen LogP contribution in [0.5, 0.6) is 0 Å². The molecular formula is C18H22N2O3. The van der Waals surface area contributed by atoms with Gasteiger partial charge in [0.25, 0.3) is 5.56 Å². The molecule has 0 amide bonds. The third kappa shape index (κ3) is 2.80. The summed E-state index contributed by atoms with van der Waals surface area (Å²) in [5.74, 6) is 0.378. The van der Waals surface area contributed by atoms with E-state index in [1.807, 2.05) is 24.3 Å². The van der Waals surface area contributed by atoms with Crippen LogP contribution in [0, 0.1) is 0 Å². The third-order valence-corrected chi connectivity index (χ3v) is 5.23. The van der Waals surface area contributed by atoms with Crippen molar-refractivity contribution < 1.29 is 9.84 Å². The molecule has 1 aromatic heterocycles. The van der Waals surface area contributed by atoms with Crippen LogP contribution < -0.4 is 5.56 Å². The number of hydrogen-bond donors (Lipinski definition) is 2. The smallest absolute Gasteiger partial charge is 0.256 e. The van der Waals surface area contributed by atoms with E-state index in [0.29, 0.717) is 19.1 Å². The molecule has 2 aliphatic rings. The summed E-state index contributed by atoms with van der Waals surface area (Å²) in [5, 5.41) is 11.7. The van der Waals surface area contributed by atoms with Crippen LogP contribution in [0.25, 0.3) is 10.8 Å². The average Bonchev–Trinajstić information content (AvgIpc) is 3.01. The Bertz CT molecular complexity index is 749. The zero-order valence-electron chi connectivity index (χ0n) is 13.1. The fourth-order valence-corrected chi connectivity index (χ4v) is 3.87. The molecule has 2 N–H and O–H groups in total. The molecule has 0 saturated carbocycles. The molecule has 0 unspecified atom stereocenters. The van der Waals surface area contributed by atoms with Crippen molar-refractivity contribution in [3.05, 3.63) is 46.4 Å². The number of aliphatic hydroxyl groups is 1. The molecule has 2 aromatic rings. The predicted molar refractivity (Wildman–Crippen MR) is 88.7 cm³/mol. The van der Waals surface area contributed by atoms with Crippen molar-refractivity contribution in [2.24, 2.45) is 0 Å². The number of hydrogen-bond acceptors (Lipinski definition) is 4. The van der Waals surface area contributed by atoms with Crippen molar-refractivity contribution in [2.45, 2.75) is 30.9 Å². The molecule has 0 bridgehead atoms. The number of nitrogens with zero attached hydrogens (tertiary/aromatic N) is 1. The second-order valence-electron chi connectivity index (χ2n) is 6.62. The first-order valence-corrected chi connectivity index (χ1v) is 8.34. The quantitative estimate of drug-likeness (QED) is 0.881. The number of aromatic amines is 1.